The number of carbonyl (C=O) groups excluding carboxylic acids is 2. The van der Waals surface area contributed by atoms with Crippen LogP contribution in [-0.2, 0) is 4.79 Å². The molecule has 1 aromatic rings. The smallest absolute Gasteiger partial charge is 0.317 e. The van der Waals surface area contributed by atoms with E-state index in [-0.39, 0.29) is 24.6 Å². The summed E-state index contributed by atoms with van der Waals surface area (Å²) in [6.45, 7) is 1.22. The zero-order valence-corrected chi connectivity index (χ0v) is 14.4. The number of ether oxygens (including phenoxy) is 2. The Balaban J connectivity index is 1.78. The Morgan fingerprint density at radius 2 is 1.83 bits per heavy atom. The van der Waals surface area contributed by atoms with E-state index in [2.05, 4.69) is 5.32 Å². The molecule has 1 saturated heterocycles. The van der Waals surface area contributed by atoms with E-state index in [1.54, 1.807) is 38.2 Å². The number of methoxy groups -OCH3 is 1. The second-order valence-corrected chi connectivity index (χ2v) is 5.94. The van der Waals surface area contributed by atoms with Crippen molar-refractivity contribution in [2.75, 3.05) is 40.9 Å². The molecule has 0 spiro atoms. The quantitative estimate of drug-likeness (QED) is 0.881. The van der Waals surface area contributed by atoms with Crippen LogP contribution in [0.3, 0.4) is 0 Å². The van der Waals surface area contributed by atoms with Gasteiger partial charge >= 0.3 is 6.03 Å². The SMILES string of the molecule is COc1ccccc1OCC(=O)N1CCC(NC(=O)N(C)C)CC1. The molecular weight excluding hydrogens is 310 g/mol. The maximum atomic E-state index is 12.3. The molecule has 3 amide bonds. The number of nitrogens with one attached hydrogen (secondary N) is 1. The highest BCUT2D eigenvalue weighted by atomic mass is 16.5. The molecule has 1 heterocycles. The normalized spacial score (nSPS) is 14.9. The number of benzene rings is 1. The summed E-state index contributed by atoms with van der Waals surface area (Å²) in [5.74, 6) is 1.11. The largest absolute Gasteiger partial charge is 0.493 e. The Morgan fingerprint density at radius 1 is 1.21 bits per heavy atom. The lowest BCUT2D eigenvalue weighted by atomic mass is 10.1. The third kappa shape index (κ3) is 4.78. The number of rotatable bonds is 5. The van der Waals surface area contributed by atoms with Crippen molar-refractivity contribution >= 4 is 11.9 Å². The lowest BCUT2D eigenvalue weighted by Crippen LogP contribution is -2.49. The molecule has 1 fully saturated rings. The second-order valence-electron chi connectivity index (χ2n) is 5.94. The highest BCUT2D eigenvalue weighted by Crippen LogP contribution is 2.25. The Hall–Kier alpha value is -2.44. The Kier molecular flexibility index (Phi) is 6.28. The van der Waals surface area contributed by atoms with Crippen molar-refractivity contribution in [1.82, 2.24) is 15.1 Å². The first kappa shape index (κ1) is 17.9. The summed E-state index contributed by atoms with van der Waals surface area (Å²) in [7, 11) is 4.99. The van der Waals surface area contributed by atoms with Gasteiger partial charge in [-0.1, -0.05) is 12.1 Å². The van der Waals surface area contributed by atoms with Crippen LogP contribution in [0.1, 0.15) is 12.8 Å². The van der Waals surface area contributed by atoms with Gasteiger partial charge in [-0.05, 0) is 25.0 Å². The summed E-state index contributed by atoms with van der Waals surface area (Å²) < 4.78 is 10.8. The fraction of sp³-hybridized carbons (Fsp3) is 0.529. The van der Waals surface area contributed by atoms with E-state index in [1.807, 2.05) is 12.1 Å². The second kappa shape index (κ2) is 8.42. The molecule has 0 atom stereocenters. The van der Waals surface area contributed by atoms with Gasteiger partial charge in [-0.15, -0.1) is 0 Å². The molecule has 7 heteroatoms. The van der Waals surface area contributed by atoms with Gasteiger partial charge in [0.2, 0.25) is 0 Å². The molecule has 7 nitrogen and oxygen atoms in total. The van der Waals surface area contributed by atoms with Crippen LogP contribution < -0.4 is 14.8 Å². The van der Waals surface area contributed by atoms with Crippen LogP contribution >= 0.6 is 0 Å². The van der Waals surface area contributed by atoms with Crippen molar-refractivity contribution in [1.29, 1.82) is 0 Å². The Morgan fingerprint density at radius 3 is 2.42 bits per heavy atom. The van der Waals surface area contributed by atoms with Crippen LogP contribution in [0.2, 0.25) is 0 Å². The van der Waals surface area contributed by atoms with E-state index in [0.29, 0.717) is 24.6 Å². The molecule has 1 aliphatic heterocycles. The maximum Gasteiger partial charge on any atom is 0.317 e. The predicted molar refractivity (Wildman–Crippen MR) is 90.3 cm³/mol. The van der Waals surface area contributed by atoms with Gasteiger partial charge < -0.3 is 24.6 Å². The van der Waals surface area contributed by atoms with E-state index in [0.717, 1.165) is 12.8 Å². The fourth-order valence-corrected chi connectivity index (χ4v) is 2.55. The lowest BCUT2D eigenvalue weighted by molar-refractivity contribution is -0.134. The highest BCUT2D eigenvalue weighted by Gasteiger charge is 2.24. The first-order chi connectivity index (χ1) is 11.5. The Bertz CT molecular complexity index is 569. The van der Waals surface area contributed by atoms with Crippen molar-refractivity contribution in [3.63, 3.8) is 0 Å². The van der Waals surface area contributed by atoms with Gasteiger partial charge in [-0.25, -0.2) is 4.79 Å². The summed E-state index contributed by atoms with van der Waals surface area (Å²) in [6, 6.07) is 7.26. The summed E-state index contributed by atoms with van der Waals surface area (Å²) >= 11 is 0. The van der Waals surface area contributed by atoms with Crippen LogP contribution in [0.15, 0.2) is 24.3 Å². The van der Waals surface area contributed by atoms with Gasteiger partial charge in [0.15, 0.2) is 18.1 Å². The van der Waals surface area contributed by atoms with Crippen LogP contribution in [0.5, 0.6) is 11.5 Å². The zero-order chi connectivity index (χ0) is 17.5. The lowest BCUT2D eigenvalue weighted by Gasteiger charge is -2.32. The molecular formula is C17H25N3O4. The summed E-state index contributed by atoms with van der Waals surface area (Å²) in [5, 5.41) is 2.95. The maximum absolute atomic E-state index is 12.3. The number of urea groups is 1. The third-order valence-electron chi connectivity index (χ3n) is 4.00. The molecule has 0 bridgehead atoms. The topological polar surface area (TPSA) is 71.1 Å². The van der Waals surface area contributed by atoms with E-state index in [4.69, 9.17) is 9.47 Å². The third-order valence-corrected chi connectivity index (χ3v) is 4.00. The van der Waals surface area contributed by atoms with Crippen molar-refractivity contribution in [2.45, 2.75) is 18.9 Å². The van der Waals surface area contributed by atoms with Crippen molar-refractivity contribution in [3.8, 4) is 11.5 Å². The molecule has 0 unspecified atom stereocenters. The van der Waals surface area contributed by atoms with Crippen LogP contribution in [-0.4, -0.2) is 68.7 Å². The number of nitrogens with zero attached hydrogens (tertiary/aromatic N) is 2. The predicted octanol–water partition coefficient (Wildman–Crippen LogP) is 1.34. The minimum absolute atomic E-state index is 0.0188. The molecule has 2 rings (SSSR count). The molecule has 1 aromatic carbocycles. The average Bonchev–Trinajstić information content (AvgIpc) is 2.60. The standard InChI is InChI=1S/C17H25N3O4/c1-19(2)17(22)18-13-8-10-20(11-9-13)16(21)12-24-15-7-5-4-6-14(15)23-3/h4-7,13H,8-12H2,1-3H3,(H,18,22). The monoisotopic (exact) mass is 335 g/mol. The molecule has 24 heavy (non-hydrogen) atoms. The van der Waals surface area contributed by atoms with Gasteiger partial charge in [0.05, 0.1) is 7.11 Å². The summed E-state index contributed by atoms with van der Waals surface area (Å²) in [6.07, 6.45) is 1.50. The van der Waals surface area contributed by atoms with Crippen molar-refractivity contribution < 1.29 is 19.1 Å². The number of para-hydroxylation sites is 2. The van der Waals surface area contributed by atoms with Crippen molar-refractivity contribution in [3.05, 3.63) is 24.3 Å². The molecule has 0 aliphatic carbocycles. The van der Waals surface area contributed by atoms with E-state index >= 15 is 0 Å². The molecule has 0 aromatic heterocycles. The van der Waals surface area contributed by atoms with Gasteiger partial charge in [0, 0.05) is 33.2 Å². The first-order valence-corrected chi connectivity index (χ1v) is 8.02. The van der Waals surface area contributed by atoms with Crippen LogP contribution in [0.25, 0.3) is 0 Å². The van der Waals surface area contributed by atoms with Crippen LogP contribution in [0.4, 0.5) is 4.79 Å². The molecule has 0 saturated carbocycles. The number of likely N-dealkylation sites (tertiary alicyclic amines) is 1. The first-order valence-electron chi connectivity index (χ1n) is 8.02. The minimum atomic E-state index is -0.0979. The van der Waals surface area contributed by atoms with E-state index < -0.39 is 0 Å². The number of hydrogen-bond donors (Lipinski definition) is 1. The molecule has 132 valence electrons. The summed E-state index contributed by atoms with van der Waals surface area (Å²) in [5.41, 5.74) is 0. The van der Waals surface area contributed by atoms with E-state index in [9.17, 15) is 9.59 Å². The minimum Gasteiger partial charge on any atom is -0.493 e. The van der Waals surface area contributed by atoms with E-state index in [1.165, 1.54) is 4.90 Å². The zero-order valence-electron chi connectivity index (χ0n) is 14.4. The number of amides is 3. The molecule has 0 radical (unpaired) electrons. The number of carbonyl (C=O) groups is 2. The van der Waals surface area contributed by atoms with Gasteiger partial charge in [0.25, 0.3) is 5.91 Å². The van der Waals surface area contributed by atoms with Crippen LogP contribution in [0, 0.1) is 0 Å². The average molecular weight is 335 g/mol. The number of hydrogen-bond acceptors (Lipinski definition) is 4. The number of piperidine rings is 1. The molecule has 1 N–H and O–H groups in total. The van der Waals surface area contributed by atoms with Gasteiger partial charge in [0.1, 0.15) is 0 Å². The highest BCUT2D eigenvalue weighted by molar-refractivity contribution is 5.78. The fourth-order valence-electron chi connectivity index (χ4n) is 2.55. The van der Waals surface area contributed by atoms with Gasteiger partial charge in [-0.2, -0.15) is 0 Å². The van der Waals surface area contributed by atoms with Crippen molar-refractivity contribution in [2.24, 2.45) is 0 Å². The summed E-state index contributed by atoms with van der Waals surface area (Å²) in [4.78, 5) is 27.2. The van der Waals surface area contributed by atoms with Gasteiger partial charge in [-0.3, -0.25) is 4.79 Å². The Labute approximate surface area is 142 Å². The molecule has 1 aliphatic rings.